The van der Waals surface area contributed by atoms with Crippen LogP contribution in [0.3, 0.4) is 0 Å². The van der Waals surface area contributed by atoms with E-state index in [0.717, 1.165) is 0 Å². The van der Waals surface area contributed by atoms with Crippen molar-refractivity contribution in [3.05, 3.63) is 42.0 Å². The normalized spacial score (nSPS) is 9.39. The van der Waals surface area contributed by atoms with Crippen molar-refractivity contribution < 1.29 is 4.79 Å². The highest BCUT2D eigenvalue weighted by molar-refractivity contribution is 6.05. The summed E-state index contributed by atoms with van der Waals surface area (Å²) in [4.78, 5) is 22.6. The molecule has 0 saturated heterocycles. The van der Waals surface area contributed by atoms with E-state index in [1.807, 2.05) is 0 Å². The molecule has 0 aliphatic heterocycles. The lowest BCUT2D eigenvalue weighted by Gasteiger charge is -2.03. The van der Waals surface area contributed by atoms with E-state index in [0.29, 0.717) is 17.1 Å². The van der Waals surface area contributed by atoms with Gasteiger partial charge in [0.1, 0.15) is 0 Å². The molecule has 6 heteroatoms. The molecule has 2 aromatic heterocycles. The summed E-state index contributed by atoms with van der Waals surface area (Å²) < 4.78 is 0. The van der Waals surface area contributed by atoms with Crippen LogP contribution in [0.5, 0.6) is 0 Å². The second-order valence-corrected chi connectivity index (χ2v) is 3.32. The van der Waals surface area contributed by atoms with E-state index < -0.39 is 0 Å². The maximum atomic E-state index is 12.0. The number of carbonyl (C=O) groups excluding carboxylic acids is 1. The van der Waals surface area contributed by atoms with Crippen LogP contribution in [-0.4, -0.2) is 27.4 Å². The summed E-state index contributed by atoms with van der Waals surface area (Å²) in [6.45, 7) is 0.230. The topological polar surface area (TPSA) is 96.7 Å². The van der Waals surface area contributed by atoms with E-state index in [-0.39, 0.29) is 12.5 Å². The molecular weight excluding hydrogens is 230 g/mol. The lowest BCUT2D eigenvalue weighted by Crippen LogP contribution is -2.14. The number of H-pyrrole nitrogens is 1. The molecule has 0 radical (unpaired) electrons. The number of imidazole rings is 1. The van der Waals surface area contributed by atoms with Crippen molar-refractivity contribution in [3.63, 3.8) is 0 Å². The minimum absolute atomic E-state index is 0.230. The number of carbonyl (C=O) groups is 1. The van der Waals surface area contributed by atoms with Crippen LogP contribution in [0.4, 0.5) is 5.95 Å². The molecule has 0 aromatic carbocycles. The van der Waals surface area contributed by atoms with Gasteiger partial charge in [0.2, 0.25) is 5.95 Å². The van der Waals surface area contributed by atoms with E-state index in [1.54, 1.807) is 18.5 Å². The van der Waals surface area contributed by atoms with Crippen molar-refractivity contribution in [2.45, 2.75) is 0 Å². The van der Waals surface area contributed by atoms with Gasteiger partial charge in [-0.05, 0) is 6.07 Å². The molecule has 4 N–H and O–H groups in total. The van der Waals surface area contributed by atoms with Gasteiger partial charge in [-0.3, -0.25) is 15.1 Å². The van der Waals surface area contributed by atoms with Crippen LogP contribution < -0.4 is 11.1 Å². The van der Waals surface area contributed by atoms with Gasteiger partial charge in [0.05, 0.1) is 17.7 Å². The molecular formula is C12H11N5O. The number of nitrogens with zero attached hydrogens (tertiary/aromatic N) is 2. The van der Waals surface area contributed by atoms with E-state index in [4.69, 9.17) is 5.73 Å². The first-order chi connectivity index (χ1) is 8.81. The summed E-state index contributed by atoms with van der Waals surface area (Å²) >= 11 is 0. The van der Waals surface area contributed by atoms with Crippen molar-refractivity contribution in [1.29, 1.82) is 0 Å². The molecule has 0 unspecified atom stereocenters. The Morgan fingerprint density at radius 2 is 2.39 bits per heavy atom. The fourth-order valence-electron chi connectivity index (χ4n) is 1.35. The molecule has 0 aliphatic carbocycles. The number of nitrogens with one attached hydrogen (secondary N) is 2. The summed E-state index contributed by atoms with van der Waals surface area (Å²) in [6, 6.07) is 1.60. The number of pyridine rings is 1. The number of aromatic amines is 1. The minimum atomic E-state index is -0.298. The van der Waals surface area contributed by atoms with Crippen molar-refractivity contribution >= 4 is 11.9 Å². The van der Waals surface area contributed by atoms with Crippen molar-refractivity contribution in [3.8, 4) is 11.8 Å². The number of rotatable bonds is 2. The van der Waals surface area contributed by atoms with Crippen LogP contribution in [0.25, 0.3) is 0 Å². The maximum Gasteiger partial charge on any atom is 0.259 e. The SMILES string of the molecule is NCC#Cc1cnccc1C(=O)Nc1ncc[nH]1. The number of hydrogen-bond donors (Lipinski definition) is 3. The molecule has 2 aromatic rings. The average molecular weight is 241 g/mol. The fourth-order valence-corrected chi connectivity index (χ4v) is 1.35. The van der Waals surface area contributed by atoms with Gasteiger partial charge in [-0.2, -0.15) is 0 Å². The van der Waals surface area contributed by atoms with Gasteiger partial charge in [0.15, 0.2) is 0 Å². The Morgan fingerprint density at radius 3 is 3.11 bits per heavy atom. The number of anilines is 1. The Morgan fingerprint density at radius 1 is 1.50 bits per heavy atom. The van der Waals surface area contributed by atoms with Crippen molar-refractivity contribution in [2.75, 3.05) is 11.9 Å². The van der Waals surface area contributed by atoms with E-state index in [2.05, 4.69) is 32.1 Å². The molecule has 0 atom stereocenters. The average Bonchev–Trinajstić information content (AvgIpc) is 2.89. The van der Waals surface area contributed by atoms with Gasteiger partial charge in [-0.25, -0.2) is 4.98 Å². The summed E-state index contributed by atoms with van der Waals surface area (Å²) in [7, 11) is 0. The first-order valence-corrected chi connectivity index (χ1v) is 5.25. The summed E-state index contributed by atoms with van der Waals surface area (Å²) in [5, 5.41) is 2.62. The Balaban J connectivity index is 2.24. The number of amides is 1. The van der Waals surface area contributed by atoms with Crippen molar-refractivity contribution in [2.24, 2.45) is 5.73 Å². The molecule has 6 nitrogen and oxygen atoms in total. The zero-order valence-electron chi connectivity index (χ0n) is 9.47. The number of nitrogens with two attached hydrogens (primary N) is 1. The molecule has 90 valence electrons. The fraction of sp³-hybridized carbons (Fsp3) is 0.0833. The number of aromatic nitrogens is 3. The highest BCUT2D eigenvalue weighted by Crippen LogP contribution is 2.08. The predicted molar refractivity (Wildman–Crippen MR) is 66.7 cm³/mol. The van der Waals surface area contributed by atoms with Crippen LogP contribution in [0.2, 0.25) is 0 Å². The Hall–Kier alpha value is -2.65. The van der Waals surface area contributed by atoms with Crippen LogP contribution in [-0.2, 0) is 0 Å². The molecule has 1 amide bonds. The van der Waals surface area contributed by atoms with Crippen LogP contribution in [0.1, 0.15) is 15.9 Å². The van der Waals surface area contributed by atoms with Gasteiger partial charge in [-0.1, -0.05) is 11.8 Å². The summed E-state index contributed by atoms with van der Waals surface area (Å²) in [5.74, 6) is 5.58. The molecule has 0 bridgehead atoms. The Kier molecular flexibility index (Phi) is 3.69. The van der Waals surface area contributed by atoms with Crippen LogP contribution >= 0.6 is 0 Å². The lowest BCUT2D eigenvalue weighted by atomic mass is 10.1. The van der Waals surface area contributed by atoms with Crippen LogP contribution in [0, 0.1) is 11.8 Å². The van der Waals surface area contributed by atoms with Gasteiger partial charge in [0.25, 0.3) is 5.91 Å². The molecule has 0 fully saturated rings. The molecule has 2 rings (SSSR count). The number of hydrogen-bond acceptors (Lipinski definition) is 4. The lowest BCUT2D eigenvalue weighted by molar-refractivity contribution is 0.102. The molecule has 0 spiro atoms. The van der Waals surface area contributed by atoms with Crippen molar-refractivity contribution in [1.82, 2.24) is 15.0 Å². The van der Waals surface area contributed by atoms with Gasteiger partial charge >= 0.3 is 0 Å². The highest BCUT2D eigenvalue weighted by Gasteiger charge is 2.11. The first kappa shape index (κ1) is 11.8. The predicted octanol–water partition coefficient (Wildman–Crippen LogP) is 0.367. The van der Waals surface area contributed by atoms with E-state index in [9.17, 15) is 4.79 Å². The summed E-state index contributed by atoms with van der Waals surface area (Å²) in [6.07, 6.45) is 6.24. The molecule has 0 saturated carbocycles. The minimum Gasteiger partial charge on any atom is -0.331 e. The zero-order valence-corrected chi connectivity index (χ0v) is 9.47. The van der Waals surface area contributed by atoms with Gasteiger partial charge < -0.3 is 10.7 Å². The third-order valence-corrected chi connectivity index (χ3v) is 2.12. The third kappa shape index (κ3) is 2.72. The van der Waals surface area contributed by atoms with Crippen LogP contribution in [0.15, 0.2) is 30.9 Å². The second kappa shape index (κ2) is 5.61. The molecule has 2 heterocycles. The Bertz CT molecular complexity index is 594. The monoisotopic (exact) mass is 241 g/mol. The second-order valence-electron chi connectivity index (χ2n) is 3.32. The largest absolute Gasteiger partial charge is 0.331 e. The smallest absolute Gasteiger partial charge is 0.259 e. The van der Waals surface area contributed by atoms with E-state index in [1.165, 1.54) is 12.4 Å². The quantitative estimate of drug-likeness (QED) is 0.662. The maximum absolute atomic E-state index is 12.0. The molecule has 18 heavy (non-hydrogen) atoms. The van der Waals surface area contributed by atoms with Gasteiger partial charge in [-0.15, -0.1) is 0 Å². The van der Waals surface area contributed by atoms with Gasteiger partial charge in [0, 0.05) is 24.8 Å². The highest BCUT2D eigenvalue weighted by atomic mass is 16.1. The Labute approximate surface area is 104 Å². The third-order valence-electron chi connectivity index (χ3n) is 2.12. The first-order valence-electron chi connectivity index (χ1n) is 5.25. The standard InChI is InChI=1S/C12H11N5O/c13-4-1-2-9-8-14-5-3-10(9)11(18)17-12-15-6-7-16-12/h3,5-8H,4,13H2,(H2,15,16,17,18). The summed E-state index contributed by atoms with van der Waals surface area (Å²) in [5.41, 5.74) is 6.27. The van der Waals surface area contributed by atoms with E-state index >= 15 is 0 Å². The zero-order chi connectivity index (χ0) is 12.8. The molecule has 0 aliphatic rings.